The molecule has 3 aliphatic rings. The zero-order valence-corrected chi connectivity index (χ0v) is 10.2. The van der Waals surface area contributed by atoms with Crippen molar-refractivity contribution in [3.8, 4) is 5.75 Å². The minimum Gasteiger partial charge on any atom is -0.489 e. The number of hydrogen-bond donors (Lipinski definition) is 0. The molecule has 0 radical (unpaired) electrons. The maximum atomic E-state index is 6.28. The summed E-state index contributed by atoms with van der Waals surface area (Å²) in [5.74, 6) is 3.50. The first-order chi connectivity index (χ1) is 8.36. The van der Waals surface area contributed by atoms with E-state index in [1.54, 1.807) is 5.57 Å². The van der Waals surface area contributed by atoms with Gasteiger partial charge in [0.1, 0.15) is 11.9 Å². The van der Waals surface area contributed by atoms with Crippen molar-refractivity contribution < 1.29 is 4.74 Å². The Kier molecular flexibility index (Phi) is 1.94. The van der Waals surface area contributed by atoms with Crippen LogP contribution in [-0.2, 0) is 6.42 Å². The molecule has 1 aromatic rings. The van der Waals surface area contributed by atoms with E-state index in [2.05, 4.69) is 37.3 Å². The normalized spacial score (nSPS) is 39.9. The smallest absolute Gasteiger partial charge is 0.122 e. The van der Waals surface area contributed by atoms with Crippen molar-refractivity contribution in [1.29, 1.82) is 0 Å². The molecule has 2 saturated carbocycles. The monoisotopic (exact) mass is 226 g/mol. The maximum Gasteiger partial charge on any atom is 0.122 e. The van der Waals surface area contributed by atoms with Gasteiger partial charge in [0.2, 0.25) is 0 Å². The van der Waals surface area contributed by atoms with Crippen molar-refractivity contribution in [2.24, 2.45) is 17.8 Å². The van der Waals surface area contributed by atoms with Gasteiger partial charge in [-0.25, -0.2) is 0 Å². The Morgan fingerprint density at radius 1 is 1.24 bits per heavy atom. The summed E-state index contributed by atoms with van der Waals surface area (Å²) in [6, 6.07) is 8.58. The van der Waals surface area contributed by atoms with Crippen LogP contribution in [0.3, 0.4) is 0 Å². The summed E-state index contributed by atoms with van der Waals surface area (Å²) in [6.45, 7) is 2.18. The second-order valence-corrected chi connectivity index (χ2v) is 5.73. The molecule has 2 aliphatic carbocycles. The molecule has 0 saturated heterocycles. The van der Waals surface area contributed by atoms with Crippen molar-refractivity contribution in [3.05, 3.63) is 41.5 Å². The summed E-state index contributed by atoms with van der Waals surface area (Å²) < 4.78 is 6.28. The highest BCUT2D eigenvalue weighted by atomic mass is 16.5. The molecule has 0 spiro atoms. The minimum absolute atomic E-state index is 0.467. The summed E-state index contributed by atoms with van der Waals surface area (Å²) in [7, 11) is 0. The van der Waals surface area contributed by atoms with E-state index in [0.29, 0.717) is 12.0 Å². The number of allylic oxidation sites excluding steroid dienone is 1. The van der Waals surface area contributed by atoms with Crippen LogP contribution in [0.2, 0.25) is 0 Å². The van der Waals surface area contributed by atoms with Crippen LogP contribution < -0.4 is 4.74 Å². The quantitative estimate of drug-likeness (QED) is 0.614. The SMILES string of the molecule is C/C=C1/CC2CC1C1Oc3ccccc3CC21. The van der Waals surface area contributed by atoms with E-state index in [1.807, 2.05) is 0 Å². The fraction of sp³-hybridized carbons (Fsp3) is 0.500. The average molecular weight is 226 g/mol. The Morgan fingerprint density at radius 3 is 3.00 bits per heavy atom. The van der Waals surface area contributed by atoms with Gasteiger partial charge in [0.25, 0.3) is 0 Å². The molecular weight excluding hydrogens is 208 g/mol. The molecule has 0 N–H and O–H groups in total. The Bertz CT molecular complexity index is 488. The Hall–Kier alpha value is -1.24. The van der Waals surface area contributed by atoms with E-state index in [-0.39, 0.29) is 0 Å². The number of fused-ring (bicyclic) bond motifs is 6. The highest BCUT2D eigenvalue weighted by Gasteiger charge is 2.52. The zero-order chi connectivity index (χ0) is 11.4. The van der Waals surface area contributed by atoms with Crippen LogP contribution in [0.15, 0.2) is 35.9 Å². The highest BCUT2D eigenvalue weighted by Crippen LogP contribution is 2.55. The molecule has 0 aromatic heterocycles. The molecule has 4 unspecified atom stereocenters. The van der Waals surface area contributed by atoms with Crippen LogP contribution in [0.5, 0.6) is 5.75 Å². The van der Waals surface area contributed by atoms with E-state index >= 15 is 0 Å². The first-order valence-electron chi connectivity index (χ1n) is 6.76. The molecule has 1 nitrogen and oxygen atoms in total. The number of rotatable bonds is 0. The van der Waals surface area contributed by atoms with Gasteiger partial charge in [0, 0.05) is 11.8 Å². The lowest BCUT2D eigenvalue weighted by molar-refractivity contribution is 0.0846. The van der Waals surface area contributed by atoms with Crippen molar-refractivity contribution >= 4 is 0 Å². The van der Waals surface area contributed by atoms with Crippen LogP contribution >= 0.6 is 0 Å². The molecular formula is C16H18O. The van der Waals surface area contributed by atoms with Crippen LogP contribution in [0.4, 0.5) is 0 Å². The number of hydrogen-bond acceptors (Lipinski definition) is 1. The number of ether oxygens (including phenoxy) is 1. The van der Waals surface area contributed by atoms with Gasteiger partial charge in [-0.2, -0.15) is 0 Å². The van der Waals surface area contributed by atoms with Crippen LogP contribution in [0.25, 0.3) is 0 Å². The second kappa shape index (κ2) is 3.38. The standard InChI is InChI=1S/C16H18O/c1-2-10-7-12-9-13(10)16-14(12)8-11-5-3-4-6-15(11)17-16/h2-6,12-14,16H,7-9H2,1H3/b10-2-. The molecule has 2 fully saturated rings. The van der Waals surface area contributed by atoms with Gasteiger partial charge in [0.05, 0.1) is 0 Å². The van der Waals surface area contributed by atoms with E-state index in [1.165, 1.54) is 24.8 Å². The lowest BCUT2D eigenvalue weighted by Crippen LogP contribution is -2.38. The van der Waals surface area contributed by atoms with E-state index < -0.39 is 0 Å². The summed E-state index contributed by atoms with van der Waals surface area (Å²) in [5.41, 5.74) is 3.07. The molecule has 17 heavy (non-hydrogen) atoms. The van der Waals surface area contributed by atoms with Crippen molar-refractivity contribution in [2.45, 2.75) is 32.3 Å². The summed E-state index contributed by atoms with van der Waals surface area (Å²) in [6.07, 6.45) is 6.72. The lowest BCUT2D eigenvalue weighted by atomic mass is 9.78. The molecule has 1 heterocycles. The Labute approximate surface area is 102 Å². The fourth-order valence-corrected chi connectivity index (χ4v) is 4.23. The van der Waals surface area contributed by atoms with Gasteiger partial charge >= 0.3 is 0 Å². The molecule has 1 heteroatoms. The van der Waals surface area contributed by atoms with Gasteiger partial charge in [-0.1, -0.05) is 29.8 Å². The topological polar surface area (TPSA) is 9.23 Å². The third-order valence-corrected chi connectivity index (χ3v) is 5.02. The first kappa shape index (κ1) is 9.76. The van der Waals surface area contributed by atoms with Gasteiger partial charge in [0.15, 0.2) is 0 Å². The second-order valence-electron chi connectivity index (χ2n) is 5.73. The van der Waals surface area contributed by atoms with Crippen LogP contribution in [0.1, 0.15) is 25.3 Å². The van der Waals surface area contributed by atoms with Crippen molar-refractivity contribution in [3.63, 3.8) is 0 Å². The summed E-state index contributed by atoms with van der Waals surface area (Å²) in [5, 5.41) is 0. The molecule has 2 bridgehead atoms. The predicted octanol–water partition coefficient (Wildman–Crippen LogP) is 3.59. The number of benzene rings is 1. The fourth-order valence-electron chi connectivity index (χ4n) is 4.23. The molecule has 4 atom stereocenters. The van der Waals surface area contributed by atoms with Crippen molar-refractivity contribution in [1.82, 2.24) is 0 Å². The summed E-state index contributed by atoms with van der Waals surface area (Å²) >= 11 is 0. The zero-order valence-electron chi connectivity index (χ0n) is 10.2. The van der Waals surface area contributed by atoms with Crippen LogP contribution in [-0.4, -0.2) is 6.10 Å². The molecule has 4 rings (SSSR count). The van der Waals surface area contributed by atoms with E-state index in [9.17, 15) is 0 Å². The molecule has 0 amide bonds. The third kappa shape index (κ3) is 1.25. The van der Waals surface area contributed by atoms with Gasteiger partial charge < -0.3 is 4.74 Å². The van der Waals surface area contributed by atoms with Gasteiger partial charge in [-0.3, -0.25) is 0 Å². The summed E-state index contributed by atoms with van der Waals surface area (Å²) in [4.78, 5) is 0. The van der Waals surface area contributed by atoms with E-state index in [0.717, 1.165) is 17.6 Å². The largest absolute Gasteiger partial charge is 0.489 e. The molecule has 88 valence electrons. The average Bonchev–Trinajstić information content (AvgIpc) is 2.94. The maximum absolute atomic E-state index is 6.28. The highest BCUT2D eigenvalue weighted by molar-refractivity contribution is 5.38. The Balaban J connectivity index is 1.72. The number of para-hydroxylation sites is 1. The van der Waals surface area contributed by atoms with Gasteiger partial charge in [-0.15, -0.1) is 0 Å². The van der Waals surface area contributed by atoms with Gasteiger partial charge in [-0.05, 0) is 43.7 Å². The van der Waals surface area contributed by atoms with Crippen LogP contribution in [0, 0.1) is 17.8 Å². The molecule has 1 aromatic carbocycles. The lowest BCUT2D eigenvalue weighted by Gasteiger charge is -2.37. The molecule has 1 aliphatic heterocycles. The minimum atomic E-state index is 0.467. The third-order valence-electron chi connectivity index (χ3n) is 5.02. The first-order valence-corrected chi connectivity index (χ1v) is 6.76. The Morgan fingerprint density at radius 2 is 2.12 bits per heavy atom. The van der Waals surface area contributed by atoms with E-state index in [4.69, 9.17) is 4.74 Å². The predicted molar refractivity (Wildman–Crippen MR) is 68.0 cm³/mol. The van der Waals surface area contributed by atoms with Crippen molar-refractivity contribution in [2.75, 3.05) is 0 Å².